The Balaban J connectivity index is 1.69. The van der Waals surface area contributed by atoms with Gasteiger partial charge in [0, 0.05) is 10.7 Å². The second kappa shape index (κ2) is 7.92. The third-order valence-electron chi connectivity index (χ3n) is 4.65. The molecule has 1 atom stereocenters. The lowest BCUT2D eigenvalue weighted by molar-refractivity contribution is -0.132. The monoisotopic (exact) mass is 424 g/mol. The highest BCUT2D eigenvalue weighted by molar-refractivity contribution is 6.30. The van der Waals surface area contributed by atoms with Crippen LogP contribution in [0, 0.1) is 0 Å². The first kappa shape index (κ1) is 19.5. The molecule has 1 amide bonds. The van der Waals surface area contributed by atoms with Crippen LogP contribution >= 0.6 is 11.6 Å². The molecule has 3 aromatic rings. The van der Waals surface area contributed by atoms with Crippen LogP contribution in [-0.2, 0) is 4.79 Å². The Kier molecular flexibility index (Phi) is 5.16. The first-order valence-electron chi connectivity index (χ1n) is 8.97. The number of methoxy groups -OCH3 is 1. The summed E-state index contributed by atoms with van der Waals surface area (Å²) in [6, 6.07) is 13.4. The van der Waals surface area contributed by atoms with E-state index in [-0.39, 0.29) is 17.1 Å². The van der Waals surface area contributed by atoms with Crippen molar-refractivity contribution in [2.75, 3.05) is 17.7 Å². The Hall–Kier alpha value is -3.78. The number of hydrogen-bond acceptors (Lipinski definition) is 5. The number of nitrogens with zero attached hydrogens (tertiary/aromatic N) is 2. The van der Waals surface area contributed by atoms with Gasteiger partial charge in [0.15, 0.2) is 0 Å². The van der Waals surface area contributed by atoms with Crippen LogP contribution in [0.15, 0.2) is 66.5 Å². The number of carbonyl (C=O) groups is 2. The largest absolute Gasteiger partial charge is 0.497 e. The number of aliphatic carboxylic acids is 1. The lowest BCUT2D eigenvalue weighted by Crippen LogP contribution is -2.25. The fourth-order valence-electron chi connectivity index (χ4n) is 3.19. The third kappa shape index (κ3) is 3.72. The van der Waals surface area contributed by atoms with E-state index in [1.165, 1.54) is 12.3 Å². The van der Waals surface area contributed by atoms with Crippen molar-refractivity contribution < 1.29 is 19.4 Å². The summed E-state index contributed by atoms with van der Waals surface area (Å²) < 4.78 is 6.67. The molecule has 2 heterocycles. The minimum Gasteiger partial charge on any atom is -0.497 e. The van der Waals surface area contributed by atoms with Crippen molar-refractivity contribution in [3.63, 3.8) is 0 Å². The van der Waals surface area contributed by atoms with Crippen LogP contribution in [0.1, 0.15) is 22.0 Å². The minimum atomic E-state index is -1.14. The molecule has 1 unspecified atom stereocenters. The average Bonchev–Trinajstić information content (AvgIpc) is 3.17. The number of halogens is 1. The maximum absolute atomic E-state index is 12.9. The Morgan fingerprint density at radius 1 is 1.23 bits per heavy atom. The van der Waals surface area contributed by atoms with Gasteiger partial charge in [-0.15, -0.1) is 0 Å². The van der Waals surface area contributed by atoms with Gasteiger partial charge >= 0.3 is 5.97 Å². The number of carboxylic acid groups (broad SMARTS) is 1. The summed E-state index contributed by atoms with van der Waals surface area (Å²) in [5.41, 5.74) is 1.47. The van der Waals surface area contributed by atoms with E-state index < -0.39 is 17.9 Å². The first-order chi connectivity index (χ1) is 14.5. The fraction of sp³-hybridized carbons (Fsp3) is 0.0952. The Morgan fingerprint density at radius 2 is 2.00 bits per heavy atom. The highest BCUT2D eigenvalue weighted by Gasteiger charge is 2.29. The fourth-order valence-corrected chi connectivity index (χ4v) is 3.39. The van der Waals surface area contributed by atoms with Gasteiger partial charge < -0.3 is 20.5 Å². The second-order valence-electron chi connectivity index (χ2n) is 6.54. The van der Waals surface area contributed by atoms with Crippen molar-refractivity contribution in [2.45, 2.75) is 6.04 Å². The van der Waals surface area contributed by atoms with Gasteiger partial charge in [0.2, 0.25) is 0 Å². The highest BCUT2D eigenvalue weighted by Crippen LogP contribution is 2.33. The maximum atomic E-state index is 12.9. The normalized spacial score (nSPS) is 14.9. The molecule has 0 aliphatic carbocycles. The molecule has 2 aromatic carbocycles. The number of carbonyl (C=O) groups excluding carboxylic acids is 1. The molecule has 0 saturated carbocycles. The van der Waals surface area contributed by atoms with Gasteiger partial charge in [-0.1, -0.05) is 23.7 Å². The van der Waals surface area contributed by atoms with E-state index >= 15 is 0 Å². The Morgan fingerprint density at radius 3 is 2.67 bits per heavy atom. The lowest BCUT2D eigenvalue weighted by Gasteiger charge is -2.24. The molecule has 4 rings (SSSR count). The van der Waals surface area contributed by atoms with E-state index in [1.807, 2.05) is 6.07 Å². The molecule has 152 valence electrons. The molecule has 3 N–H and O–H groups in total. The second-order valence-corrected chi connectivity index (χ2v) is 6.98. The number of anilines is 2. The zero-order valence-corrected chi connectivity index (χ0v) is 16.6. The number of fused-ring (bicyclic) bond motifs is 1. The molecular weight excluding hydrogens is 408 g/mol. The Bertz CT molecular complexity index is 1150. The van der Waals surface area contributed by atoms with E-state index in [4.69, 9.17) is 16.3 Å². The highest BCUT2D eigenvalue weighted by atomic mass is 35.5. The molecular formula is C21H17ClN4O4. The van der Waals surface area contributed by atoms with Crippen LogP contribution < -0.4 is 15.4 Å². The smallest absolute Gasteiger partial charge is 0.352 e. The van der Waals surface area contributed by atoms with Crippen LogP contribution in [0.2, 0.25) is 5.02 Å². The molecule has 0 bridgehead atoms. The number of benzene rings is 2. The van der Waals surface area contributed by atoms with Gasteiger partial charge in [-0.05, 0) is 48.0 Å². The summed E-state index contributed by atoms with van der Waals surface area (Å²) in [6.45, 7) is 0. The quantitative estimate of drug-likeness (QED) is 0.575. The Labute approximate surface area is 176 Å². The predicted octanol–water partition coefficient (Wildman–Crippen LogP) is 3.78. The standard InChI is InChI=1S/C21H17ClN4O4/c1-30-15-7-5-14(6-8-15)24-20(27)16-11-23-26-18(12-3-2-4-13(22)9-12)10-17(21(28)29)25-19(16)26/h2-11,18,25H,1H3,(H,24,27)(H,28,29). The van der Waals surface area contributed by atoms with Crippen molar-refractivity contribution in [3.8, 4) is 5.75 Å². The van der Waals surface area contributed by atoms with Gasteiger partial charge in [-0.3, -0.25) is 4.79 Å². The molecule has 30 heavy (non-hydrogen) atoms. The SMILES string of the molecule is COc1ccc(NC(=O)c2cnn3c2NC(C(=O)O)=CC3c2cccc(Cl)c2)cc1. The molecule has 9 heteroatoms. The molecule has 8 nitrogen and oxygen atoms in total. The van der Waals surface area contributed by atoms with Crippen molar-refractivity contribution in [3.05, 3.63) is 82.7 Å². The number of carboxylic acids is 1. The molecule has 1 aliphatic heterocycles. The molecule has 0 radical (unpaired) electrons. The maximum Gasteiger partial charge on any atom is 0.352 e. The molecule has 0 fully saturated rings. The first-order valence-corrected chi connectivity index (χ1v) is 9.34. The number of aromatic nitrogens is 2. The predicted molar refractivity (Wildman–Crippen MR) is 112 cm³/mol. The van der Waals surface area contributed by atoms with Gasteiger partial charge in [0.1, 0.15) is 22.8 Å². The van der Waals surface area contributed by atoms with E-state index in [0.717, 1.165) is 5.56 Å². The summed E-state index contributed by atoms with van der Waals surface area (Å²) >= 11 is 6.10. The molecule has 0 spiro atoms. The zero-order valence-electron chi connectivity index (χ0n) is 15.8. The van der Waals surface area contributed by atoms with Crippen LogP contribution in [0.5, 0.6) is 5.75 Å². The van der Waals surface area contributed by atoms with Gasteiger partial charge in [0.05, 0.1) is 19.3 Å². The van der Waals surface area contributed by atoms with E-state index in [2.05, 4.69) is 15.7 Å². The van der Waals surface area contributed by atoms with E-state index in [0.29, 0.717) is 16.5 Å². The molecule has 1 aromatic heterocycles. The number of amides is 1. The van der Waals surface area contributed by atoms with E-state index in [9.17, 15) is 14.7 Å². The van der Waals surface area contributed by atoms with Crippen LogP contribution in [0.3, 0.4) is 0 Å². The minimum absolute atomic E-state index is 0.0496. The van der Waals surface area contributed by atoms with Crippen molar-refractivity contribution in [1.82, 2.24) is 9.78 Å². The van der Waals surface area contributed by atoms with Crippen molar-refractivity contribution >= 4 is 35.0 Å². The van der Waals surface area contributed by atoms with Crippen LogP contribution in [0.25, 0.3) is 0 Å². The number of allylic oxidation sites excluding steroid dienone is 1. The lowest BCUT2D eigenvalue weighted by atomic mass is 10.0. The number of ether oxygens (including phenoxy) is 1. The molecule has 0 saturated heterocycles. The summed E-state index contributed by atoms with van der Waals surface area (Å²) in [4.78, 5) is 24.5. The third-order valence-corrected chi connectivity index (χ3v) is 4.88. The van der Waals surface area contributed by atoms with Gasteiger partial charge in [-0.2, -0.15) is 5.10 Å². The van der Waals surface area contributed by atoms with Crippen LogP contribution in [-0.4, -0.2) is 33.9 Å². The van der Waals surface area contributed by atoms with Gasteiger partial charge in [0.25, 0.3) is 5.91 Å². The summed E-state index contributed by atoms with van der Waals surface area (Å²) in [6.07, 6.45) is 2.93. The van der Waals surface area contributed by atoms with Crippen molar-refractivity contribution in [2.24, 2.45) is 0 Å². The summed E-state index contributed by atoms with van der Waals surface area (Å²) in [5, 5.41) is 19.9. The number of hydrogen-bond donors (Lipinski definition) is 3. The van der Waals surface area contributed by atoms with Gasteiger partial charge in [-0.25, -0.2) is 9.48 Å². The number of rotatable bonds is 5. The van der Waals surface area contributed by atoms with Crippen LogP contribution in [0.4, 0.5) is 11.5 Å². The molecule has 1 aliphatic rings. The van der Waals surface area contributed by atoms with E-state index in [1.54, 1.807) is 54.3 Å². The summed E-state index contributed by atoms with van der Waals surface area (Å²) in [5.74, 6) is -0.620. The number of nitrogens with one attached hydrogen (secondary N) is 2. The topological polar surface area (TPSA) is 105 Å². The average molecular weight is 425 g/mol. The zero-order chi connectivity index (χ0) is 21.3. The summed E-state index contributed by atoms with van der Waals surface area (Å²) in [7, 11) is 1.56. The van der Waals surface area contributed by atoms with Crippen molar-refractivity contribution in [1.29, 1.82) is 0 Å².